The molecule has 1 aromatic carbocycles. The summed E-state index contributed by atoms with van der Waals surface area (Å²) in [6.07, 6.45) is 12.2. The minimum Gasteiger partial charge on any atom is -0.0836 e. The van der Waals surface area contributed by atoms with Crippen LogP contribution in [0.2, 0.25) is 0 Å². The predicted molar refractivity (Wildman–Crippen MR) is 60.1 cm³/mol. The van der Waals surface area contributed by atoms with E-state index in [0.29, 0.717) is 5.92 Å². The summed E-state index contributed by atoms with van der Waals surface area (Å²) in [7, 11) is 0. The minimum atomic E-state index is 0.598. The van der Waals surface area contributed by atoms with E-state index in [-0.39, 0.29) is 0 Å². The number of fused-ring (bicyclic) bond motifs is 3. The third-order valence-corrected chi connectivity index (χ3v) is 3.03. The van der Waals surface area contributed by atoms with Crippen LogP contribution in [0.3, 0.4) is 0 Å². The molecular weight excluding hydrogens is 168 g/mol. The zero-order valence-electron chi connectivity index (χ0n) is 7.98. The molecule has 0 saturated heterocycles. The third kappa shape index (κ3) is 1.07. The molecule has 1 aromatic rings. The summed E-state index contributed by atoms with van der Waals surface area (Å²) in [6, 6.07) is 8.68. The molecule has 3 rings (SSSR count). The second-order valence-corrected chi connectivity index (χ2v) is 3.85. The molecular formula is C14H12. The lowest BCUT2D eigenvalue weighted by Gasteiger charge is -2.25. The monoisotopic (exact) mass is 180 g/mol. The maximum Gasteiger partial charge on any atom is 0.0130 e. The average molecular weight is 180 g/mol. The van der Waals surface area contributed by atoms with Crippen molar-refractivity contribution in [1.29, 1.82) is 0 Å². The molecule has 2 aliphatic carbocycles. The Morgan fingerprint density at radius 3 is 3.00 bits per heavy atom. The van der Waals surface area contributed by atoms with E-state index in [0.717, 1.165) is 6.42 Å². The van der Waals surface area contributed by atoms with E-state index in [2.05, 4.69) is 54.6 Å². The molecule has 1 unspecified atom stereocenters. The maximum atomic E-state index is 2.25. The summed E-state index contributed by atoms with van der Waals surface area (Å²) in [5.41, 5.74) is 4.31. The molecule has 0 aliphatic heterocycles. The van der Waals surface area contributed by atoms with Gasteiger partial charge in [0.05, 0.1) is 0 Å². The van der Waals surface area contributed by atoms with Crippen molar-refractivity contribution in [3.63, 3.8) is 0 Å². The van der Waals surface area contributed by atoms with Crippen LogP contribution < -0.4 is 0 Å². The molecule has 0 amide bonds. The molecule has 14 heavy (non-hydrogen) atoms. The van der Waals surface area contributed by atoms with Crippen molar-refractivity contribution >= 4 is 6.08 Å². The molecule has 0 aromatic heterocycles. The number of allylic oxidation sites excluding steroid dienone is 5. The first-order valence-corrected chi connectivity index (χ1v) is 5.09. The van der Waals surface area contributed by atoms with Gasteiger partial charge in [-0.2, -0.15) is 0 Å². The molecule has 0 N–H and O–H groups in total. The van der Waals surface area contributed by atoms with Gasteiger partial charge in [0.15, 0.2) is 0 Å². The fourth-order valence-corrected chi connectivity index (χ4v) is 2.29. The Morgan fingerprint density at radius 2 is 2.00 bits per heavy atom. The van der Waals surface area contributed by atoms with Crippen LogP contribution in [0.5, 0.6) is 0 Å². The Kier molecular flexibility index (Phi) is 1.66. The molecule has 0 radical (unpaired) electrons. The van der Waals surface area contributed by atoms with Crippen LogP contribution >= 0.6 is 0 Å². The zero-order chi connectivity index (χ0) is 9.38. The fourth-order valence-electron chi connectivity index (χ4n) is 2.29. The number of rotatable bonds is 0. The van der Waals surface area contributed by atoms with Gasteiger partial charge >= 0.3 is 0 Å². The van der Waals surface area contributed by atoms with Gasteiger partial charge in [0.25, 0.3) is 0 Å². The standard InChI is InChI=1S/C14H12/c1-3-7-13-11(5-1)9-10-12-6-2-4-8-14(12)13/h1-7,9-10,14H,8H2. The van der Waals surface area contributed by atoms with Gasteiger partial charge in [0, 0.05) is 5.92 Å². The molecule has 0 heteroatoms. The average Bonchev–Trinajstić information content (AvgIpc) is 2.29. The summed E-state index contributed by atoms with van der Waals surface area (Å²) >= 11 is 0. The second-order valence-electron chi connectivity index (χ2n) is 3.85. The SMILES string of the molecule is C1=CCC2C(=C1)C=Cc1ccccc12. The highest BCUT2D eigenvalue weighted by molar-refractivity contribution is 5.65. The van der Waals surface area contributed by atoms with Crippen LogP contribution in [-0.4, -0.2) is 0 Å². The first-order chi connectivity index (χ1) is 6.95. The minimum absolute atomic E-state index is 0.598. The van der Waals surface area contributed by atoms with Crippen molar-refractivity contribution < 1.29 is 0 Å². The number of hydrogen-bond acceptors (Lipinski definition) is 0. The van der Waals surface area contributed by atoms with Gasteiger partial charge < -0.3 is 0 Å². The molecule has 68 valence electrons. The molecule has 1 atom stereocenters. The van der Waals surface area contributed by atoms with Gasteiger partial charge in [-0.15, -0.1) is 0 Å². The summed E-state index contributed by atoms with van der Waals surface area (Å²) in [5, 5.41) is 0. The van der Waals surface area contributed by atoms with E-state index in [4.69, 9.17) is 0 Å². The van der Waals surface area contributed by atoms with Crippen molar-refractivity contribution in [3.05, 3.63) is 65.3 Å². The van der Waals surface area contributed by atoms with Crippen LogP contribution in [0.15, 0.2) is 54.1 Å². The summed E-state index contributed by atoms with van der Waals surface area (Å²) in [5.74, 6) is 0.598. The fraction of sp³-hybridized carbons (Fsp3) is 0.143. The van der Waals surface area contributed by atoms with Crippen molar-refractivity contribution in [1.82, 2.24) is 0 Å². The quantitative estimate of drug-likeness (QED) is 0.571. The predicted octanol–water partition coefficient (Wildman–Crippen LogP) is 3.68. The summed E-state index contributed by atoms with van der Waals surface area (Å²) in [4.78, 5) is 0. The Balaban J connectivity index is 2.18. The number of hydrogen-bond donors (Lipinski definition) is 0. The van der Waals surface area contributed by atoms with Crippen LogP contribution in [0.1, 0.15) is 23.5 Å². The van der Waals surface area contributed by atoms with Crippen molar-refractivity contribution in [3.8, 4) is 0 Å². The smallest absolute Gasteiger partial charge is 0.0130 e. The van der Waals surface area contributed by atoms with E-state index >= 15 is 0 Å². The summed E-state index contributed by atoms with van der Waals surface area (Å²) < 4.78 is 0. The van der Waals surface area contributed by atoms with Crippen LogP contribution in [0, 0.1) is 0 Å². The van der Waals surface area contributed by atoms with Gasteiger partial charge in [0.2, 0.25) is 0 Å². The molecule has 0 spiro atoms. The highest BCUT2D eigenvalue weighted by Crippen LogP contribution is 2.37. The first-order valence-electron chi connectivity index (χ1n) is 5.09. The van der Waals surface area contributed by atoms with Gasteiger partial charge in [-0.3, -0.25) is 0 Å². The Morgan fingerprint density at radius 1 is 1.07 bits per heavy atom. The van der Waals surface area contributed by atoms with Crippen molar-refractivity contribution in [2.45, 2.75) is 12.3 Å². The lowest BCUT2D eigenvalue weighted by molar-refractivity contribution is 0.811. The molecule has 2 aliphatic rings. The second kappa shape index (κ2) is 2.98. The normalized spacial score (nSPS) is 22.6. The molecule has 0 bridgehead atoms. The van der Waals surface area contributed by atoms with Gasteiger partial charge in [-0.05, 0) is 23.1 Å². The van der Waals surface area contributed by atoms with Crippen LogP contribution in [0.4, 0.5) is 0 Å². The van der Waals surface area contributed by atoms with Crippen LogP contribution in [-0.2, 0) is 0 Å². The van der Waals surface area contributed by atoms with Crippen molar-refractivity contribution in [2.75, 3.05) is 0 Å². The Hall–Kier alpha value is -1.56. The number of benzene rings is 1. The highest BCUT2D eigenvalue weighted by atomic mass is 14.2. The summed E-state index contributed by atoms with van der Waals surface area (Å²) in [6.45, 7) is 0. The van der Waals surface area contributed by atoms with E-state index in [1.807, 2.05) is 0 Å². The first kappa shape index (κ1) is 7.81. The van der Waals surface area contributed by atoms with Gasteiger partial charge in [0.1, 0.15) is 0 Å². The van der Waals surface area contributed by atoms with E-state index in [9.17, 15) is 0 Å². The van der Waals surface area contributed by atoms with Gasteiger partial charge in [-0.1, -0.05) is 54.6 Å². The van der Waals surface area contributed by atoms with Gasteiger partial charge in [-0.25, -0.2) is 0 Å². The molecule has 0 saturated carbocycles. The maximum absolute atomic E-state index is 2.25. The third-order valence-electron chi connectivity index (χ3n) is 3.03. The van der Waals surface area contributed by atoms with E-state index in [1.54, 1.807) is 0 Å². The van der Waals surface area contributed by atoms with E-state index in [1.165, 1.54) is 16.7 Å². The van der Waals surface area contributed by atoms with E-state index < -0.39 is 0 Å². The molecule has 0 fully saturated rings. The van der Waals surface area contributed by atoms with Crippen LogP contribution in [0.25, 0.3) is 6.08 Å². The Bertz CT molecular complexity index is 447. The highest BCUT2D eigenvalue weighted by Gasteiger charge is 2.20. The molecule has 0 nitrogen and oxygen atoms in total. The zero-order valence-corrected chi connectivity index (χ0v) is 7.98. The Labute approximate surface area is 84.3 Å². The topological polar surface area (TPSA) is 0 Å². The largest absolute Gasteiger partial charge is 0.0836 e. The molecule has 0 heterocycles. The lowest BCUT2D eigenvalue weighted by Crippen LogP contribution is -2.07. The lowest BCUT2D eigenvalue weighted by atomic mass is 9.79. The van der Waals surface area contributed by atoms with Crippen molar-refractivity contribution in [2.24, 2.45) is 0 Å².